The molecule has 4 heteroatoms. The Morgan fingerprint density at radius 1 is 1.26 bits per heavy atom. The number of esters is 1. The van der Waals surface area contributed by atoms with Gasteiger partial charge in [-0.2, -0.15) is 11.3 Å². The maximum absolute atomic E-state index is 12.6. The van der Waals surface area contributed by atoms with Gasteiger partial charge in [0.1, 0.15) is 5.92 Å². The topological polar surface area (TPSA) is 43.4 Å². The third-order valence-electron chi connectivity index (χ3n) is 4.13. The van der Waals surface area contributed by atoms with Gasteiger partial charge in [-0.25, -0.2) is 0 Å². The van der Waals surface area contributed by atoms with Gasteiger partial charge in [-0.05, 0) is 52.9 Å². The zero-order valence-corrected chi connectivity index (χ0v) is 13.7. The van der Waals surface area contributed by atoms with E-state index in [1.54, 1.807) is 24.3 Å². The van der Waals surface area contributed by atoms with Crippen molar-refractivity contribution in [2.75, 3.05) is 6.61 Å². The van der Waals surface area contributed by atoms with Gasteiger partial charge in [-0.1, -0.05) is 30.3 Å². The van der Waals surface area contributed by atoms with Gasteiger partial charge in [0.15, 0.2) is 5.78 Å². The molecule has 1 aromatic carbocycles. The molecular formula is C19H18O3S. The maximum Gasteiger partial charge on any atom is 0.317 e. The van der Waals surface area contributed by atoms with Crippen LogP contribution in [-0.2, 0) is 14.3 Å². The monoisotopic (exact) mass is 326 g/mol. The largest absolute Gasteiger partial charge is 0.465 e. The SMILES string of the molecule is CCOC(=O)[C@@H]1C(=O)C=C(c2ccsc2)C[C@H]1c1ccccc1. The fourth-order valence-electron chi connectivity index (χ4n) is 3.04. The number of thiophene rings is 1. The molecule has 0 unspecified atom stereocenters. The number of ketones is 1. The molecule has 0 aliphatic heterocycles. The fraction of sp³-hybridized carbons (Fsp3) is 0.263. The minimum Gasteiger partial charge on any atom is -0.465 e. The van der Waals surface area contributed by atoms with E-state index in [0.717, 1.165) is 16.7 Å². The normalized spacial score (nSPS) is 20.9. The van der Waals surface area contributed by atoms with E-state index in [2.05, 4.69) is 0 Å². The molecule has 0 radical (unpaired) electrons. The lowest BCUT2D eigenvalue weighted by Crippen LogP contribution is -2.33. The van der Waals surface area contributed by atoms with Crippen molar-refractivity contribution >= 4 is 28.7 Å². The maximum atomic E-state index is 12.6. The summed E-state index contributed by atoms with van der Waals surface area (Å²) < 4.78 is 5.14. The zero-order valence-electron chi connectivity index (χ0n) is 12.9. The van der Waals surface area contributed by atoms with Gasteiger partial charge in [0.05, 0.1) is 6.61 Å². The van der Waals surface area contributed by atoms with Crippen molar-refractivity contribution < 1.29 is 14.3 Å². The molecule has 23 heavy (non-hydrogen) atoms. The van der Waals surface area contributed by atoms with Gasteiger partial charge < -0.3 is 4.74 Å². The van der Waals surface area contributed by atoms with Crippen molar-refractivity contribution in [1.29, 1.82) is 0 Å². The van der Waals surface area contributed by atoms with Crippen LogP contribution in [-0.4, -0.2) is 18.4 Å². The summed E-state index contributed by atoms with van der Waals surface area (Å²) in [6.07, 6.45) is 2.28. The van der Waals surface area contributed by atoms with Crippen LogP contribution in [0.15, 0.2) is 53.2 Å². The van der Waals surface area contributed by atoms with Crippen LogP contribution in [0.1, 0.15) is 30.4 Å². The summed E-state index contributed by atoms with van der Waals surface area (Å²) >= 11 is 1.60. The molecule has 118 valence electrons. The number of rotatable bonds is 4. The van der Waals surface area contributed by atoms with Crippen LogP contribution in [0.2, 0.25) is 0 Å². The molecule has 1 aliphatic carbocycles. The zero-order chi connectivity index (χ0) is 16.2. The first-order valence-corrected chi connectivity index (χ1v) is 8.63. The highest BCUT2D eigenvalue weighted by atomic mass is 32.1. The Hall–Kier alpha value is -2.20. The smallest absolute Gasteiger partial charge is 0.317 e. The number of carbonyl (C=O) groups excluding carboxylic acids is 2. The van der Waals surface area contributed by atoms with Crippen molar-refractivity contribution in [1.82, 2.24) is 0 Å². The first-order valence-electron chi connectivity index (χ1n) is 7.69. The molecular weight excluding hydrogens is 308 g/mol. The summed E-state index contributed by atoms with van der Waals surface area (Å²) in [7, 11) is 0. The molecule has 0 saturated heterocycles. The predicted octanol–water partition coefficient (Wildman–Crippen LogP) is 4.07. The molecule has 0 N–H and O–H groups in total. The molecule has 0 spiro atoms. The lowest BCUT2D eigenvalue weighted by molar-refractivity contribution is -0.151. The van der Waals surface area contributed by atoms with Gasteiger partial charge in [0.2, 0.25) is 0 Å². The van der Waals surface area contributed by atoms with Crippen LogP contribution >= 0.6 is 11.3 Å². The number of ether oxygens (including phenoxy) is 1. The molecule has 1 heterocycles. The van der Waals surface area contributed by atoms with E-state index in [9.17, 15) is 9.59 Å². The van der Waals surface area contributed by atoms with Crippen molar-refractivity contribution in [3.8, 4) is 0 Å². The standard InChI is InChI=1S/C19H18O3S/c1-2-22-19(21)18-16(13-6-4-3-5-7-13)10-15(11-17(18)20)14-8-9-23-12-14/h3-9,11-12,16,18H,2,10H2,1H3/t16-,18-/m0/s1. The van der Waals surface area contributed by atoms with E-state index < -0.39 is 11.9 Å². The Balaban J connectivity index is 2.00. The van der Waals surface area contributed by atoms with Crippen LogP contribution in [0.4, 0.5) is 0 Å². The van der Waals surface area contributed by atoms with Crippen LogP contribution in [0.5, 0.6) is 0 Å². The van der Waals surface area contributed by atoms with Crippen molar-refractivity contribution in [3.63, 3.8) is 0 Å². The predicted molar refractivity (Wildman–Crippen MR) is 91.2 cm³/mol. The van der Waals surface area contributed by atoms with Gasteiger partial charge in [-0.15, -0.1) is 0 Å². The highest BCUT2D eigenvalue weighted by molar-refractivity contribution is 7.08. The van der Waals surface area contributed by atoms with Gasteiger partial charge in [-0.3, -0.25) is 9.59 Å². The van der Waals surface area contributed by atoms with Crippen molar-refractivity contribution in [2.24, 2.45) is 5.92 Å². The number of benzene rings is 1. The van der Waals surface area contributed by atoms with Gasteiger partial charge >= 0.3 is 5.97 Å². The van der Waals surface area contributed by atoms with E-state index in [0.29, 0.717) is 6.42 Å². The fourth-order valence-corrected chi connectivity index (χ4v) is 3.73. The minimum atomic E-state index is -0.750. The molecule has 1 aliphatic rings. The summed E-state index contributed by atoms with van der Waals surface area (Å²) in [5, 5.41) is 4.03. The van der Waals surface area contributed by atoms with Gasteiger partial charge in [0, 0.05) is 5.92 Å². The average Bonchev–Trinajstić information content (AvgIpc) is 3.09. The Kier molecular flexibility index (Phi) is 4.72. The Morgan fingerprint density at radius 2 is 2.04 bits per heavy atom. The number of allylic oxidation sites excluding steroid dienone is 2. The first kappa shape index (κ1) is 15.7. The van der Waals surface area contributed by atoms with Crippen LogP contribution < -0.4 is 0 Å². The summed E-state index contributed by atoms with van der Waals surface area (Å²) in [6, 6.07) is 11.8. The van der Waals surface area contributed by atoms with E-state index in [4.69, 9.17) is 4.74 Å². The highest BCUT2D eigenvalue weighted by Gasteiger charge is 2.39. The number of hydrogen-bond donors (Lipinski definition) is 0. The molecule has 2 atom stereocenters. The summed E-state index contributed by atoms with van der Waals surface area (Å²) in [5.41, 5.74) is 3.05. The van der Waals surface area contributed by atoms with Crippen molar-refractivity contribution in [3.05, 3.63) is 64.4 Å². The molecule has 3 nitrogen and oxygen atoms in total. The molecule has 3 rings (SSSR count). The quantitative estimate of drug-likeness (QED) is 0.628. The lowest BCUT2D eigenvalue weighted by Gasteiger charge is -2.29. The van der Waals surface area contributed by atoms with E-state index in [-0.39, 0.29) is 18.3 Å². The van der Waals surface area contributed by atoms with Crippen LogP contribution in [0.25, 0.3) is 5.57 Å². The average molecular weight is 326 g/mol. The molecule has 2 aromatic rings. The second-order valence-electron chi connectivity index (χ2n) is 5.53. The summed E-state index contributed by atoms with van der Waals surface area (Å²) in [6.45, 7) is 2.04. The number of hydrogen-bond acceptors (Lipinski definition) is 4. The van der Waals surface area contributed by atoms with E-state index in [1.807, 2.05) is 47.2 Å². The Bertz CT molecular complexity index is 716. The van der Waals surface area contributed by atoms with Crippen LogP contribution in [0, 0.1) is 5.92 Å². The second kappa shape index (κ2) is 6.92. The Morgan fingerprint density at radius 3 is 2.70 bits per heavy atom. The first-order chi connectivity index (χ1) is 11.2. The highest BCUT2D eigenvalue weighted by Crippen LogP contribution is 2.40. The molecule has 1 aromatic heterocycles. The molecule has 0 amide bonds. The summed E-state index contributed by atoms with van der Waals surface area (Å²) in [5.74, 6) is -1.51. The van der Waals surface area contributed by atoms with Gasteiger partial charge in [0.25, 0.3) is 0 Å². The third-order valence-corrected chi connectivity index (χ3v) is 4.81. The number of carbonyl (C=O) groups is 2. The van der Waals surface area contributed by atoms with E-state index in [1.165, 1.54) is 0 Å². The Labute approximate surface area is 139 Å². The molecule has 0 fully saturated rings. The molecule has 0 bridgehead atoms. The lowest BCUT2D eigenvalue weighted by atomic mass is 9.74. The second-order valence-corrected chi connectivity index (χ2v) is 6.32. The third kappa shape index (κ3) is 3.27. The summed E-state index contributed by atoms with van der Waals surface area (Å²) in [4.78, 5) is 24.9. The van der Waals surface area contributed by atoms with Crippen molar-refractivity contribution in [2.45, 2.75) is 19.3 Å². The minimum absolute atomic E-state index is 0.162. The van der Waals surface area contributed by atoms with Crippen LogP contribution in [0.3, 0.4) is 0 Å². The molecule has 0 saturated carbocycles. The van der Waals surface area contributed by atoms with E-state index >= 15 is 0 Å².